The summed E-state index contributed by atoms with van der Waals surface area (Å²) in [6.45, 7) is 6.02. The average molecular weight is 519 g/mol. The van der Waals surface area contributed by atoms with Gasteiger partial charge in [0.25, 0.3) is 0 Å². The van der Waals surface area contributed by atoms with Gasteiger partial charge in [0.05, 0.1) is 19.2 Å². The summed E-state index contributed by atoms with van der Waals surface area (Å²) >= 11 is 0. The Bertz CT molecular complexity index is 1270. The minimum atomic E-state index is -0.176. The van der Waals surface area contributed by atoms with Gasteiger partial charge in [-0.05, 0) is 94.3 Å². The third kappa shape index (κ3) is 5.39. The van der Waals surface area contributed by atoms with E-state index < -0.39 is 0 Å². The van der Waals surface area contributed by atoms with Crippen LogP contribution in [0.2, 0.25) is 0 Å². The van der Waals surface area contributed by atoms with Crippen molar-refractivity contribution in [3.05, 3.63) is 53.5 Å². The quantitative estimate of drug-likeness (QED) is 0.361. The fourth-order valence-corrected chi connectivity index (χ4v) is 6.34. The lowest BCUT2D eigenvalue weighted by molar-refractivity contribution is 0.254. The molecule has 2 fully saturated rings. The van der Waals surface area contributed by atoms with Crippen LogP contribution < -0.4 is 19.7 Å². The minimum absolute atomic E-state index is 0.176. The highest BCUT2D eigenvalue weighted by Gasteiger charge is 2.25. The molecule has 2 aliphatic heterocycles. The Balaban J connectivity index is 1.19. The fourth-order valence-electron chi connectivity index (χ4n) is 6.34. The topological polar surface area (TPSA) is 49.9 Å². The fraction of sp³-hybridized carbons (Fsp3) is 0.516. The van der Waals surface area contributed by atoms with Crippen LogP contribution in [0.1, 0.15) is 49.8 Å². The van der Waals surface area contributed by atoms with Crippen molar-refractivity contribution in [3.63, 3.8) is 0 Å². The molecule has 0 atom stereocenters. The zero-order valence-electron chi connectivity index (χ0n) is 22.5. The number of likely N-dealkylation sites (tertiary alicyclic amines) is 1. The Labute approximate surface area is 225 Å². The van der Waals surface area contributed by atoms with Gasteiger partial charge in [0.2, 0.25) is 0 Å². The second kappa shape index (κ2) is 11.4. The first kappa shape index (κ1) is 25.2. The van der Waals surface area contributed by atoms with Crippen molar-refractivity contribution in [1.82, 2.24) is 9.88 Å². The summed E-state index contributed by atoms with van der Waals surface area (Å²) in [5.41, 5.74) is 5.72. The lowest BCUT2D eigenvalue weighted by Crippen LogP contribution is -2.39. The first-order valence-electron chi connectivity index (χ1n) is 14.3. The van der Waals surface area contributed by atoms with Gasteiger partial charge < -0.3 is 24.6 Å². The molecule has 0 amide bonds. The molecule has 3 aromatic rings. The molecular weight excluding hydrogens is 479 g/mol. The number of piperidine rings is 1. The number of fused-ring (bicyclic) bond motifs is 2. The lowest BCUT2D eigenvalue weighted by atomic mass is 10.0. The molecule has 1 aromatic heterocycles. The van der Waals surface area contributed by atoms with Crippen molar-refractivity contribution in [2.75, 3.05) is 56.7 Å². The Morgan fingerprint density at radius 2 is 1.84 bits per heavy atom. The first-order valence-corrected chi connectivity index (χ1v) is 14.3. The number of aromatic nitrogens is 1. The van der Waals surface area contributed by atoms with Gasteiger partial charge in [-0.3, -0.25) is 4.98 Å². The molecule has 0 radical (unpaired) electrons. The Morgan fingerprint density at radius 3 is 2.63 bits per heavy atom. The van der Waals surface area contributed by atoms with Crippen LogP contribution in [0.3, 0.4) is 0 Å². The van der Waals surface area contributed by atoms with Crippen molar-refractivity contribution >= 4 is 22.3 Å². The van der Waals surface area contributed by atoms with Crippen LogP contribution in [-0.4, -0.2) is 62.4 Å². The molecule has 1 aliphatic carbocycles. The molecule has 3 heterocycles. The predicted molar refractivity (Wildman–Crippen MR) is 151 cm³/mol. The van der Waals surface area contributed by atoms with Gasteiger partial charge in [0.15, 0.2) is 11.5 Å². The molecule has 38 heavy (non-hydrogen) atoms. The second-order valence-electron chi connectivity index (χ2n) is 10.9. The van der Waals surface area contributed by atoms with E-state index in [0.29, 0.717) is 12.6 Å². The van der Waals surface area contributed by atoms with E-state index in [0.717, 1.165) is 86.2 Å². The van der Waals surface area contributed by atoms with Crippen LogP contribution in [0, 0.1) is 5.82 Å². The molecule has 7 heteroatoms. The van der Waals surface area contributed by atoms with E-state index >= 15 is 0 Å². The summed E-state index contributed by atoms with van der Waals surface area (Å²) < 4.78 is 25.8. The van der Waals surface area contributed by atoms with Gasteiger partial charge in [0.1, 0.15) is 5.82 Å². The molecule has 0 saturated carbocycles. The van der Waals surface area contributed by atoms with E-state index in [1.165, 1.54) is 48.9 Å². The predicted octanol–water partition coefficient (Wildman–Crippen LogP) is 5.82. The van der Waals surface area contributed by atoms with Crippen molar-refractivity contribution in [2.24, 2.45) is 0 Å². The van der Waals surface area contributed by atoms with E-state index in [1.807, 2.05) is 6.07 Å². The summed E-state index contributed by atoms with van der Waals surface area (Å²) in [4.78, 5) is 9.87. The summed E-state index contributed by atoms with van der Waals surface area (Å²) in [6, 6.07) is 11.5. The van der Waals surface area contributed by atoms with Gasteiger partial charge in [0, 0.05) is 54.2 Å². The van der Waals surface area contributed by atoms with Crippen LogP contribution >= 0.6 is 0 Å². The number of pyridine rings is 1. The molecular formula is C31H39FN4O2. The van der Waals surface area contributed by atoms with Gasteiger partial charge in [-0.2, -0.15) is 0 Å². The molecule has 6 rings (SSSR count). The Hall–Kier alpha value is -3.06. The van der Waals surface area contributed by atoms with E-state index in [-0.39, 0.29) is 5.82 Å². The van der Waals surface area contributed by atoms with Crippen LogP contribution in [0.4, 0.5) is 15.8 Å². The molecule has 0 unspecified atom stereocenters. The van der Waals surface area contributed by atoms with Crippen molar-refractivity contribution in [3.8, 4) is 11.5 Å². The van der Waals surface area contributed by atoms with Crippen molar-refractivity contribution in [1.29, 1.82) is 0 Å². The number of aryl methyl sites for hydroxylation is 1. The van der Waals surface area contributed by atoms with Gasteiger partial charge in [-0.25, -0.2) is 4.39 Å². The maximum atomic E-state index is 13.7. The van der Waals surface area contributed by atoms with Crippen LogP contribution in [0.25, 0.3) is 10.9 Å². The van der Waals surface area contributed by atoms with E-state index in [9.17, 15) is 4.39 Å². The molecule has 2 aromatic carbocycles. The van der Waals surface area contributed by atoms with Gasteiger partial charge >= 0.3 is 0 Å². The third-order valence-electron chi connectivity index (χ3n) is 8.39. The number of methoxy groups -OCH3 is 1. The third-order valence-corrected chi connectivity index (χ3v) is 8.39. The van der Waals surface area contributed by atoms with E-state index in [1.54, 1.807) is 19.2 Å². The Kier molecular flexibility index (Phi) is 7.54. The highest BCUT2D eigenvalue weighted by molar-refractivity contribution is 5.96. The zero-order valence-corrected chi connectivity index (χ0v) is 22.5. The molecule has 2 saturated heterocycles. The highest BCUT2D eigenvalue weighted by atomic mass is 19.1. The van der Waals surface area contributed by atoms with Crippen molar-refractivity contribution < 1.29 is 13.9 Å². The number of hydrogen-bond donors (Lipinski definition) is 1. The average Bonchev–Trinajstić information content (AvgIpc) is 3.63. The van der Waals surface area contributed by atoms with Crippen LogP contribution in [-0.2, 0) is 12.8 Å². The number of hydrogen-bond acceptors (Lipinski definition) is 6. The largest absolute Gasteiger partial charge is 0.493 e. The number of anilines is 2. The zero-order chi connectivity index (χ0) is 25.9. The summed E-state index contributed by atoms with van der Waals surface area (Å²) in [5.74, 6) is 1.37. The molecule has 0 spiro atoms. The number of halogens is 1. The maximum Gasteiger partial charge on any atom is 0.163 e. The van der Waals surface area contributed by atoms with Gasteiger partial charge in [-0.15, -0.1) is 0 Å². The number of ether oxygens (including phenoxy) is 2. The van der Waals surface area contributed by atoms with Gasteiger partial charge in [-0.1, -0.05) is 6.07 Å². The SMILES string of the molecule is COc1cc2c(NC3CCN(c4cccc(F)c4)CC3)c3c(nc2cc1OCCCN1CCCC1)CCC3. The normalized spacial score (nSPS) is 18.2. The number of rotatable bonds is 9. The standard InChI is InChI=1S/C31H39FN4O2/c1-37-29-20-26-28(21-30(29)38-18-6-15-35-13-2-3-14-35)34-27-10-5-9-25(27)31(26)33-23-11-16-36(17-12-23)24-8-4-7-22(32)19-24/h4,7-8,19-21,23H,2-3,5-6,9-18H2,1H3,(H,33,34). The van der Waals surface area contributed by atoms with E-state index in [2.05, 4.69) is 27.2 Å². The maximum absolute atomic E-state index is 13.7. The summed E-state index contributed by atoms with van der Waals surface area (Å²) in [7, 11) is 1.72. The lowest BCUT2D eigenvalue weighted by Gasteiger charge is -2.35. The van der Waals surface area contributed by atoms with E-state index in [4.69, 9.17) is 14.5 Å². The molecule has 6 nitrogen and oxygen atoms in total. The van der Waals surface area contributed by atoms with Crippen LogP contribution in [0.15, 0.2) is 36.4 Å². The number of nitrogens with zero attached hydrogens (tertiary/aromatic N) is 3. The molecule has 1 N–H and O–H groups in total. The van der Waals surface area contributed by atoms with Crippen molar-refractivity contribution in [2.45, 2.75) is 57.4 Å². The highest BCUT2D eigenvalue weighted by Crippen LogP contribution is 2.40. The summed E-state index contributed by atoms with van der Waals surface area (Å²) in [5, 5.41) is 5.03. The summed E-state index contributed by atoms with van der Waals surface area (Å²) in [6.07, 6.45) is 8.88. The molecule has 0 bridgehead atoms. The smallest absolute Gasteiger partial charge is 0.163 e. The number of nitrogens with one attached hydrogen (secondary N) is 1. The first-order chi connectivity index (χ1) is 18.7. The molecule has 3 aliphatic rings. The van der Waals surface area contributed by atoms with Crippen LogP contribution in [0.5, 0.6) is 11.5 Å². The number of benzene rings is 2. The minimum Gasteiger partial charge on any atom is -0.493 e. The second-order valence-corrected chi connectivity index (χ2v) is 10.9. The monoisotopic (exact) mass is 518 g/mol. The molecule has 202 valence electrons. The Morgan fingerprint density at radius 1 is 1.00 bits per heavy atom.